The third kappa shape index (κ3) is 3.52. The molecule has 1 heterocycles. The molecular formula is C22H22N2O. The van der Waals surface area contributed by atoms with Crippen molar-refractivity contribution < 1.29 is 4.74 Å². The van der Waals surface area contributed by atoms with Crippen molar-refractivity contribution in [2.24, 2.45) is 0 Å². The van der Waals surface area contributed by atoms with E-state index in [4.69, 9.17) is 4.74 Å². The van der Waals surface area contributed by atoms with Gasteiger partial charge in [0.05, 0.1) is 11.4 Å². The van der Waals surface area contributed by atoms with Crippen LogP contribution in [0.15, 0.2) is 78.9 Å². The van der Waals surface area contributed by atoms with Crippen LogP contribution in [0, 0.1) is 0 Å². The molecule has 126 valence electrons. The highest BCUT2D eigenvalue weighted by Crippen LogP contribution is 2.46. The fourth-order valence-electron chi connectivity index (χ4n) is 3.21. The van der Waals surface area contributed by atoms with Crippen molar-refractivity contribution in [1.82, 2.24) is 5.32 Å². The Balaban J connectivity index is 1.40. The number of rotatable bonds is 6. The molecule has 0 bridgehead atoms. The summed E-state index contributed by atoms with van der Waals surface area (Å²) >= 11 is 0. The smallest absolute Gasteiger partial charge is 0.151 e. The average Bonchev–Trinajstić information content (AvgIpc) is 2.68. The third-order valence-electron chi connectivity index (χ3n) is 4.44. The van der Waals surface area contributed by atoms with Crippen molar-refractivity contribution in [1.29, 1.82) is 0 Å². The second kappa shape index (κ2) is 7.41. The summed E-state index contributed by atoms with van der Waals surface area (Å²) in [7, 11) is 0. The van der Waals surface area contributed by atoms with Crippen LogP contribution in [-0.2, 0) is 6.54 Å². The van der Waals surface area contributed by atoms with Crippen LogP contribution < -0.4 is 15.0 Å². The summed E-state index contributed by atoms with van der Waals surface area (Å²) in [5, 5.41) is 3.53. The van der Waals surface area contributed by atoms with E-state index in [-0.39, 0.29) is 0 Å². The third-order valence-corrected chi connectivity index (χ3v) is 4.44. The normalized spacial score (nSPS) is 12.2. The van der Waals surface area contributed by atoms with Crippen LogP contribution in [0.25, 0.3) is 0 Å². The Kier molecular flexibility index (Phi) is 4.66. The number of hydrogen-bond donors (Lipinski definition) is 1. The molecule has 0 fully saturated rings. The van der Waals surface area contributed by atoms with E-state index in [1.54, 1.807) is 0 Å². The van der Waals surface area contributed by atoms with Crippen molar-refractivity contribution >= 4 is 11.4 Å². The topological polar surface area (TPSA) is 24.5 Å². The molecule has 3 aromatic carbocycles. The van der Waals surface area contributed by atoms with Crippen LogP contribution in [0.5, 0.6) is 11.5 Å². The van der Waals surface area contributed by atoms with E-state index in [1.807, 2.05) is 24.3 Å². The fraction of sp³-hybridized carbons (Fsp3) is 0.182. The van der Waals surface area contributed by atoms with E-state index in [0.717, 1.165) is 48.9 Å². The molecule has 1 aliphatic heterocycles. The van der Waals surface area contributed by atoms with Crippen LogP contribution in [0.1, 0.15) is 12.0 Å². The van der Waals surface area contributed by atoms with Gasteiger partial charge in [-0.25, -0.2) is 0 Å². The minimum Gasteiger partial charge on any atom is -0.453 e. The predicted octanol–water partition coefficient (Wildman–Crippen LogP) is 5.11. The quantitative estimate of drug-likeness (QED) is 0.636. The number of hydrogen-bond acceptors (Lipinski definition) is 3. The van der Waals surface area contributed by atoms with Crippen LogP contribution in [0.4, 0.5) is 11.4 Å². The number of nitrogens with one attached hydrogen (secondary N) is 1. The van der Waals surface area contributed by atoms with E-state index in [2.05, 4.69) is 64.8 Å². The van der Waals surface area contributed by atoms with E-state index in [0.29, 0.717) is 0 Å². The predicted molar refractivity (Wildman–Crippen MR) is 103 cm³/mol. The first-order chi connectivity index (χ1) is 12.4. The lowest BCUT2D eigenvalue weighted by molar-refractivity contribution is 0.472. The van der Waals surface area contributed by atoms with Crippen LogP contribution in [-0.4, -0.2) is 13.1 Å². The molecule has 1 N–H and O–H groups in total. The highest BCUT2D eigenvalue weighted by molar-refractivity contribution is 5.77. The SMILES string of the molecule is c1ccc(CNCCCN2c3ccccc3Oc3ccccc32)cc1. The van der Waals surface area contributed by atoms with Gasteiger partial charge in [0.1, 0.15) is 0 Å². The second-order valence-electron chi connectivity index (χ2n) is 6.21. The molecule has 3 nitrogen and oxygen atoms in total. The zero-order chi connectivity index (χ0) is 16.9. The number of nitrogens with zero attached hydrogens (tertiary/aromatic N) is 1. The zero-order valence-electron chi connectivity index (χ0n) is 14.2. The second-order valence-corrected chi connectivity index (χ2v) is 6.21. The average molecular weight is 330 g/mol. The van der Waals surface area contributed by atoms with Crippen LogP contribution in [0.2, 0.25) is 0 Å². The number of fused-ring (bicyclic) bond motifs is 2. The van der Waals surface area contributed by atoms with E-state index < -0.39 is 0 Å². The maximum Gasteiger partial charge on any atom is 0.151 e. The summed E-state index contributed by atoms with van der Waals surface area (Å²) in [5.41, 5.74) is 3.61. The van der Waals surface area contributed by atoms with E-state index in [1.165, 1.54) is 5.56 Å². The Labute approximate surface area is 148 Å². The van der Waals surface area contributed by atoms with Gasteiger partial charge >= 0.3 is 0 Å². The summed E-state index contributed by atoms with van der Waals surface area (Å²) in [4.78, 5) is 2.36. The molecule has 0 radical (unpaired) electrons. The number of ether oxygens (including phenoxy) is 1. The van der Waals surface area contributed by atoms with E-state index in [9.17, 15) is 0 Å². The Bertz CT molecular complexity index is 787. The van der Waals surface area contributed by atoms with Gasteiger partial charge in [-0.15, -0.1) is 0 Å². The number of para-hydroxylation sites is 4. The first-order valence-electron chi connectivity index (χ1n) is 8.80. The Morgan fingerprint density at radius 2 is 1.32 bits per heavy atom. The zero-order valence-corrected chi connectivity index (χ0v) is 14.2. The minimum atomic E-state index is 0.914. The van der Waals surface area contributed by atoms with Gasteiger partial charge in [0, 0.05) is 13.1 Å². The molecule has 0 aliphatic carbocycles. The lowest BCUT2D eigenvalue weighted by atomic mass is 10.1. The van der Waals surface area contributed by atoms with Gasteiger partial charge in [0.25, 0.3) is 0 Å². The molecule has 0 saturated heterocycles. The molecule has 1 aliphatic rings. The van der Waals surface area contributed by atoms with Crippen LogP contribution >= 0.6 is 0 Å². The van der Waals surface area contributed by atoms with Crippen molar-refractivity contribution in [3.63, 3.8) is 0 Å². The van der Waals surface area contributed by atoms with Gasteiger partial charge in [-0.1, -0.05) is 54.6 Å². The molecule has 0 unspecified atom stereocenters. The molecule has 3 aromatic rings. The maximum absolute atomic E-state index is 6.04. The van der Waals surface area contributed by atoms with Crippen molar-refractivity contribution in [2.75, 3.05) is 18.0 Å². The molecule has 0 atom stereocenters. The van der Waals surface area contributed by atoms with Crippen LogP contribution in [0.3, 0.4) is 0 Å². The van der Waals surface area contributed by atoms with Gasteiger partial charge < -0.3 is 15.0 Å². The highest BCUT2D eigenvalue weighted by atomic mass is 16.5. The molecule has 3 heteroatoms. The van der Waals surface area contributed by atoms with Gasteiger partial charge in [0.2, 0.25) is 0 Å². The van der Waals surface area contributed by atoms with Crippen molar-refractivity contribution in [3.8, 4) is 11.5 Å². The van der Waals surface area contributed by atoms with Gasteiger partial charge in [0.15, 0.2) is 11.5 Å². The molecule has 25 heavy (non-hydrogen) atoms. The molecular weight excluding hydrogens is 308 g/mol. The van der Waals surface area contributed by atoms with Gasteiger partial charge in [-0.05, 0) is 42.8 Å². The summed E-state index contributed by atoms with van der Waals surface area (Å²) < 4.78 is 6.04. The number of benzene rings is 3. The highest BCUT2D eigenvalue weighted by Gasteiger charge is 2.22. The first kappa shape index (κ1) is 15.7. The first-order valence-corrected chi connectivity index (χ1v) is 8.80. The molecule has 0 spiro atoms. The number of anilines is 2. The van der Waals surface area contributed by atoms with Crippen molar-refractivity contribution in [2.45, 2.75) is 13.0 Å². The summed E-state index contributed by atoms with van der Waals surface area (Å²) in [6, 6.07) is 27.0. The monoisotopic (exact) mass is 330 g/mol. The molecule has 4 rings (SSSR count). The van der Waals surface area contributed by atoms with Gasteiger partial charge in [-0.2, -0.15) is 0 Å². The lowest BCUT2D eigenvalue weighted by Gasteiger charge is -2.32. The molecule has 0 amide bonds. The molecule has 0 aromatic heterocycles. The lowest BCUT2D eigenvalue weighted by Crippen LogP contribution is -2.25. The minimum absolute atomic E-state index is 0.914. The molecule has 0 saturated carbocycles. The maximum atomic E-state index is 6.04. The largest absolute Gasteiger partial charge is 0.453 e. The summed E-state index contributed by atoms with van der Waals surface area (Å²) in [6.45, 7) is 2.85. The van der Waals surface area contributed by atoms with E-state index >= 15 is 0 Å². The Morgan fingerprint density at radius 3 is 2.00 bits per heavy atom. The van der Waals surface area contributed by atoms with Gasteiger partial charge in [-0.3, -0.25) is 0 Å². The Hall–Kier alpha value is -2.78. The Morgan fingerprint density at radius 1 is 0.720 bits per heavy atom. The standard InChI is InChI=1S/C22H22N2O/c1-2-9-18(10-3-1)17-23-15-8-16-24-19-11-4-6-13-21(19)25-22-14-7-5-12-20(22)24/h1-7,9-14,23H,8,15-17H2. The fourth-order valence-corrected chi connectivity index (χ4v) is 3.21. The summed E-state index contributed by atoms with van der Waals surface area (Å²) in [6.07, 6.45) is 1.06. The van der Waals surface area contributed by atoms with Crippen molar-refractivity contribution in [3.05, 3.63) is 84.4 Å². The summed E-state index contributed by atoms with van der Waals surface area (Å²) in [5.74, 6) is 1.86.